The fourth-order valence-corrected chi connectivity index (χ4v) is 1.90. The fourth-order valence-electron chi connectivity index (χ4n) is 1.45. The van der Waals surface area contributed by atoms with Crippen molar-refractivity contribution in [1.82, 2.24) is 4.98 Å². The van der Waals surface area contributed by atoms with Crippen molar-refractivity contribution in [1.29, 1.82) is 0 Å². The van der Waals surface area contributed by atoms with Crippen LogP contribution >= 0.6 is 0 Å². The predicted octanol–water partition coefficient (Wildman–Crippen LogP) is 2.77. The highest BCUT2D eigenvalue weighted by molar-refractivity contribution is 7.88. The molecule has 4 nitrogen and oxygen atoms in total. The number of aromatic nitrogens is 1. The number of hydrogen-bond donors (Lipinski definition) is 0. The molecule has 0 fully saturated rings. The van der Waals surface area contributed by atoms with Crippen molar-refractivity contribution in [2.45, 2.75) is 12.4 Å². The second-order valence-electron chi connectivity index (χ2n) is 3.85. The Morgan fingerprint density at radius 1 is 1.21 bits per heavy atom. The van der Waals surface area contributed by atoms with E-state index in [9.17, 15) is 21.6 Å². The van der Waals surface area contributed by atoms with Gasteiger partial charge in [-0.3, -0.25) is 4.98 Å². The summed E-state index contributed by atoms with van der Waals surface area (Å²) in [5, 5.41) is 0.495. The highest BCUT2D eigenvalue weighted by Gasteiger charge is 2.48. The Hall–Kier alpha value is -1.83. The molecule has 0 bridgehead atoms. The lowest BCUT2D eigenvalue weighted by Crippen LogP contribution is -2.28. The van der Waals surface area contributed by atoms with Crippen molar-refractivity contribution in [2.75, 3.05) is 0 Å². The van der Waals surface area contributed by atoms with Crippen LogP contribution in [0.3, 0.4) is 0 Å². The van der Waals surface area contributed by atoms with E-state index < -0.39 is 21.4 Å². The number of aryl methyl sites for hydroxylation is 1. The van der Waals surface area contributed by atoms with Gasteiger partial charge in [-0.05, 0) is 36.8 Å². The maximum atomic E-state index is 12.2. The summed E-state index contributed by atoms with van der Waals surface area (Å²) >= 11 is 0. The smallest absolute Gasteiger partial charge is 0.376 e. The van der Waals surface area contributed by atoms with Crippen LogP contribution in [-0.2, 0) is 10.1 Å². The van der Waals surface area contributed by atoms with E-state index in [2.05, 4.69) is 9.17 Å². The van der Waals surface area contributed by atoms with Crippen molar-refractivity contribution >= 4 is 21.0 Å². The Balaban J connectivity index is 2.42. The quantitative estimate of drug-likeness (QED) is 0.630. The highest BCUT2D eigenvalue weighted by atomic mass is 32.2. The first-order valence-electron chi connectivity index (χ1n) is 5.06. The topological polar surface area (TPSA) is 56.3 Å². The second-order valence-corrected chi connectivity index (χ2v) is 5.39. The SMILES string of the molecule is Cc1cnc2ccc(OS(=O)(=O)C(F)(F)F)cc2c1. The minimum absolute atomic E-state index is 0.405. The molecule has 0 aliphatic rings. The van der Waals surface area contributed by atoms with Crippen LogP contribution in [0.2, 0.25) is 0 Å². The Morgan fingerprint density at radius 3 is 2.53 bits per heavy atom. The zero-order valence-corrected chi connectivity index (χ0v) is 10.4. The largest absolute Gasteiger partial charge is 0.534 e. The first kappa shape index (κ1) is 13.6. The Bertz CT molecular complexity index is 726. The predicted molar refractivity (Wildman–Crippen MR) is 62.1 cm³/mol. The maximum Gasteiger partial charge on any atom is 0.534 e. The molecule has 102 valence electrons. The van der Waals surface area contributed by atoms with Gasteiger partial charge in [0.05, 0.1) is 5.52 Å². The van der Waals surface area contributed by atoms with Crippen LogP contribution in [0.4, 0.5) is 13.2 Å². The molecule has 1 aromatic heterocycles. The molecule has 1 aromatic carbocycles. The molecule has 0 spiro atoms. The summed E-state index contributed by atoms with van der Waals surface area (Å²) in [7, 11) is -5.65. The lowest BCUT2D eigenvalue weighted by molar-refractivity contribution is -0.0500. The molecule has 0 aliphatic carbocycles. The van der Waals surface area contributed by atoms with Gasteiger partial charge in [-0.2, -0.15) is 21.6 Å². The molecule has 2 rings (SSSR count). The minimum atomic E-state index is -5.65. The zero-order valence-electron chi connectivity index (χ0n) is 9.60. The fraction of sp³-hybridized carbons (Fsp3) is 0.182. The molecular weight excluding hydrogens is 283 g/mol. The van der Waals surface area contributed by atoms with Gasteiger partial charge in [-0.15, -0.1) is 0 Å². The average Bonchev–Trinajstić information content (AvgIpc) is 2.26. The molecule has 1 heterocycles. The zero-order chi connectivity index (χ0) is 14.3. The van der Waals surface area contributed by atoms with Gasteiger partial charge < -0.3 is 4.18 Å². The molecule has 0 atom stereocenters. The van der Waals surface area contributed by atoms with Crippen LogP contribution in [0.1, 0.15) is 5.56 Å². The van der Waals surface area contributed by atoms with Crippen LogP contribution in [0.5, 0.6) is 5.75 Å². The van der Waals surface area contributed by atoms with E-state index in [-0.39, 0.29) is 0 Å². The summed E-state index contributed by atoms with van der Waals surface area (Å²) in [4.78, 5) is 4.04. The van der Waals surface area contributed by atoms with Crippen LogP contribution in [0.25, 0.3) is 10.9 Å². The van der Waals surface area contributed by atoms with Crippen LogP contribution in [-0.4, -0.2) is 18.9 Å². The standard InChI is InChI=1S/C11H8F3NO3S/c1-7-4-8-5-9(2-3-10(8)15-6-7)18-19(16,17)11(12,13)14/h2-6H,1H3. The second kappa shape index (κ2) is 4.37. The number of fused-ring (bicyclic) bond motifs is 1. The third-order valence-corrected chi connectivity index (χ3v) is 3.26. The molecule has 8 heteroatoms. The molecule has 0 N–H and O–H groups in total. The molecule has 0 saturated carbocycles. The molecule has 0 unspecified atom stereocenters. The number of halogens is 3. The monoisotopic (exact) mass is 291 g/mol. The third-order valence-electron chi connectivity index (χ3n) is 2.28. The number of alkyl halides is 3. The van der Waals surface area contributed by atoms with E-state index in [1.54, 1.807) is 19.2 Å². The van der Waals surface area contributed by atoms with E-state index in [0.717, 1.165) is 11.6 Å². The summed E-state index contributed by atoms with van der Waals surface area (Å²) in [6, 6.07) is 5.36. The van der Waals surface area contributed by atoms with E-state index >= 15 is 0 Å². The summed E-state index contributed by atoms with van der Waals surface area (Å²) in [5.74, 6) is -0.405. The van der Waals surface area contributed by atoms with Crippen molar-refractivity contribution in [2.24, 2.45) is 0 Å². The lowest BCUT2D eigenvalue weighted by Gasteiger charge is -2.09. The van der Waals surface area contributed by atoms with Gasteiger partial charge in [0.15, 0.2) is 0 Å². The minimum Gasteiger partial charge on any atom is -0.376 e. The molecular formula is C11H8F3NO3S. The van der Waals surface area contributed by atoms with Crippen LogP contribution in [0.15, 0.2) is 30.5 Å². The van der Waals surface area contributed by atoms with Gasteiger partial charge in [0.2, 0.25) is 0 Å². The van der Waals surface area contributed by atoms with Gasteiger partial charge in [-0.25, -0.2) is 0 Å². The number of rotatable bonds is 2. The lowest BCUT2D eigenvalue weighted by atomic mass is 10.2. The number of pyridine rings is 1. The molecule has 19 heavy (non-hydrogen) atoms. The van der Waals surface area contributed by atoms with Crippen molar-refractivity contribution in [3.05, 3.63) is 36.0 Å². The molecule has 0 amide bonds. The Kier molecular flexibility index (Phi) is 3.13. The molecule has 0 saturated heterocycles. The van der Waals surface area contributed by atoms with Gasteiger partial charge in [0.25, 0.3) is 0 Å². The average molecular weight is 291 g/mol. The molecule has 0 radical (unpaired) electrons. The first-order chi connectivity index (χ1) is 8.69. The summed E-state index contributed by atoms with van der Waals surface area (Å²) in [6.07, 6.45) is 1.59. The Labute approximate surface area is 107 Å². The van der Waals surface area contributed by atoms with E-state index in [1.807, 2.05) is 0 Å². The van der Waals surface area contributed by atoms with Crippen LogP contribution < -0.4 is 4.18 Å². The van der Waals surface area contributed by atoms with E-state index in [4.69, 9.17) is 0 Å². The summed E-state index contributed by atoms with van der Waals surface area (Å²) < 4.78 is 62.3. The van der Waals surface area contributed by atoms with E-state index in [0.29, 0.717) is 10.9 Å². The van der Waals surface area contributed by atoms with Crippen molar-refractivity contribution in [3.63, 3.8) is 0 Å². The van der Waals surface area contributed by atoms with Gasteiger partial charge in [0, 0.05) is 11.6 Å². The van der Waals surface area contributed by atoms with Crippen molar-refractivity contribution in [3.8, 4) is 5.75 Å². The normalized spacial score (nSPS) is 12.6. The van der Waals surface area contributed by atoms with Gasteiger partial charge >= 0.3 is 15.6 Å². The number of benzene rings is 1. The summed E-state index contributed by atoms with van der Waals surface area (Å²) in [5.41, 5.74) is -4.13. The summed E-state index contributed by atoms with van der Waals surface area (Å²) in [6.45, 7) is 1.76. The number of hydrogen-bond acceptors (Lipinski definition) is 4. The van der Waals surface area contributed by atoms with E-state index in [1.165, 1.54) is 12.1 Å². The first-order valence-corrected chi connectivity index (χ1v) is 6.47. The van der Waals surface area contributed by atoms with Crippen LogP contribution in [0, 0.1) is 6.92 Å². The van der Waals surface area contributed by atoms with Gasteiger partial charge in [-0.1, -0.05) is 0 Å². The van der Waals surface area contributed by atoms with Crippen molar-refractivity contribution < 1.29 is 25.8 Å². The Morgan fingerprint density at radius 2 is 1.89 bits per heavy atom. The third kappa shape index (κ3) is 2.78. The number of nitrogens with zero attached hydrogens (tertiary/aromatic N) is 1. The highest BCUT2D eigenvalue weighted by Crippen LogP contribution is 2.28. The maximum absolute atomic E-state index is 12.2. The molecule has 0 aliphatic heterocycles. The van der Waals surface area contributed by atoms with Gasteiger partial charge in [0.1, 0.15) is 5.75 Å². The molecule has 2 aromatic rings.